The molecule has 11 heteroatoms. The smallest absolute Gasteiger partial charge is 0.544 e. The maximum Gasteiger partial charge on any atom is 1.00 e. The number of carboxylic acid groups (broad SMARTS) is 1. The van der Waals surface area contributed by atoms with Crippen molar-refractivity contribution >= 4 is 34.8 Å². The van der Waals surface area contributed by atoms with Gasteiger partial charge in [-0.2, -0.15) is 0 Å². The fourth-order valence-corrected chi connectivity index (χ4v) is 7.68. The number of thiophene rings is 1. The Kier molecular flexibility index (Phi) is 13.6. The molecule has 9 nitrogen and oxygen atoms in total. The van der Waals surface area contributed by atoms with Crippen LogP contribution in [0.5, 0.6) is 5.88 Å². The average molecular weight is 685 g/mol. The summed E-state index contributed by atoms with van der Waals surface area (Å²) in [5.74, 6) is 5.79. The molecule has 3 aliphatic rings. The Hall–Kier alpha value is -2.42. The molecule has 0 atom stereocenters. The monoisotopic (exact) mass is 684 g/mol. The second kappa shape index (κ2) is 17.0. The van der Waals surface area contributed by atoms with Crippen LogP contribution in [0, 0.1) is 29.1 Å². The van der Waals surface area contributed by atoms with Crippen LogP contribution in [0.25, 0.3) is 0 Å². The molecule has 3 fully saturated rings. The Morgan fingerprint density at radius 1 is 1.02 bits per heavy atom. The van der Waals surface area contributed by atoms with Crippen molar-refractivity contribution in [3.05, 3.63) is 39.7 Å². The number of nitrogens with one attached hydrogen (secondary N) is 1. The van der Waals surface area contributed by atoms with Crippen LogP contribution in [-0.4, -0.2) is 66.0 Å². The van der Waals surface area contributed by atoms with Gasteiger partial charge in [-0.1, -0.05) is 18.8 Å². The van der Waals surface area contributed by atoms with Gasteiger partial charge in [-0.05, 0) is 123 Å². The van der Waals surface area contributed by atoms with Crippen LogP contribution in [0.1, 0.15) is 117 Å². The van der Waals surface area contributed by atoms with Crippen LogP contribution < -0.4 is 49.6 Å². The van der Waals surface area contributed by atoms with Crippen molar-refractivity contribution in [1.82, 2.24) is 15.2 Å². The summed E-state index contributed by atoms with van der Waals surface area (Å²) in [6, 6.07) is 5.17. The van der Waals surface area contributed by atoms with Crippen molar-refractivity contribution in [3.8, 4) is 17.7 Å². The van der Waals surface area contributed by atoms with Crippen LogP contribution in [0.15, 0.2) is 24.4 Å². The van der Waals surface area contributed by atoms with Gasteiger partial charge in [-0.3, -0.25) is 9.59 Å². The van der Waals surface area contributed by atoms with Crippen molar-refractivity contribution < 1.29 is 53.8 Å². The number of hydrogen-bond acceptors (Lipinski definition) is 8. The number of aromatic carboxylic acids is 1. The zero-order valence-corrected chi connectivity index (χ0v) is 32.3. The zero-order valence-electron chi connectivity index (χ0n) is 29.5. The van der Waals surface area contributed by atoms with Gasteiger partial charge in [0.15, 0.2) is 0 Å². The van der Waals surface area contributed by atoms with Gasteiger partial charge >= 0.3 is 29.6 Å². The molecule has 254 valence electrons. The average Bonchev–Trinajstić information content (AvgIpc) is 3.46. The minimum atomic E-state index is -1.29. The number of pyridine rings is 1. The quantitative estimate of drug-likeness (QED) is 0.335. The van der Waals surface area contributed by atoms with Crippen molar-refractivity contribution in [2.45, 2.75) is 110 Å². The molecular weight excluding hydrogens is 635 g/mol. The van der Waals surface area contributed by atoms with Crippen molar-refractivity contribution in [2.75, 3.05) is 25.0 Å². The Bertz CT molecular complexity index is 1490. The van der Waals surface area contributed by atoms with E-state index in [9.17, 15) is 19.5 Å². The molecule has 2 amide bonds. The number of anilines is 1. The largest absolute Gasteiger partial charge is 1.00 e. The van der Waals surface area contributed by atoms with E-state index in [0.717, 1.165) is 63.0 Å². The third kappa shape index (κ3) is 10.3. The maximum atomic E-state index is 14.2. The number of rotatable bonds is 8. The summed E-state index contributed by atoms with van der Waals surface area (Å²) in [4.78, 5) is 48.7. The summed E-state index contributed by atoms with van der Waals surface area (Å²) in [6.45, 7) is 10.2. The fraction of sp³-hybridized carbons (Fsp3) is 0.622. The van der Waals surface area contributed by atoms with Gasteiger partial charge in [0.2, 0.25) is 11.8 Å². The SMILES string of the molecule is CC1CCC(C(=O)N(c2cc(C#CC(C)(C)C)sc2C(=O)[O-])C2CCC(Oc3cc(C(=O)NC4CCN(C)CC4)ccn3)CC2)CC1.[Na+]. The third-order valence-corrected chi connectivity index (χ3v) is 10.7. The van der Waals surface area contributed by atoms with E-state index < -0.39 is 5.97 Å². The van der Waals surface area contributed by atoms with Gasteiger partial charge < -0.3 is 29.8 Å². The summed E-state index contributed by atoms with van der Waals surface area (Å²) < 4.78 is 6.28. The number of nitrogens with zero attached hydrogens (tertiary/aromatic N) is 3. The minimum Gasteiger partial charge on any atom is -0.544 e. The predicted molar refractivity (Wildman–Crippen MR) is 182 cm³/mol. The van der Waals surface area contributed by atoms with Gasteiger partial charge in [0.25, 0.3) is 5.91 Å². The Labute approximate surface area is 311 Å². The molecule has 0 radical (unpaired) electrons. The Balaban J connectivity index is 0.00000520. The predicted octanol–water partition coefficient (Wildman–Crippen LogP) is 2.28. The number of carbonyl (C=O) groups is 3. The second-order valence-corrected chi connectivity index (χ2v) is 15.8. The molecule has 0 spiro atoms. The van der Waals surface area contributed by atoms with Gasteiger partial charge in [-0.15, -0.1) is 11.3 Å². The Morgan fingerprint density at radius 2 is 1.69 bits per heavy atom. The van der Waals surface area contributed by atoms with E-state index in [1.165, 1.54) is 0 Å². The number of likely N-dealkylation sites (tertiary alicyclic amines) is 1. The summed E-state index contributed by atoms with van der Waals surface area (Å²) in [7, 11) is 2.09. The normalized spacial score (nSPS) is 23.6. The van der Waals surface area contributed by atoms with E-state index in [1.54, 1.807) is 29.3 Å². The molecule has 48 heavy (non-hydrogen) atoms. The van der Waals surface area contributed by atoms with Crippen LogP contribution in [-0.2, 0) is 4.79 Å². The number of amides is 2. The molecule has 3 heterocycles. The first-order valence-corrected chi connectivity index (χ1v) is 18.0. The molecule has 0 aromatic carbocycles. The number of carboxylic acids is 1. The van der Waals surface area contributed by atoms with Gasteiger partial charge in [0.1, 0.15) is 6.10 Å². The molecule has 2 aromatic heterocycles. The van der Waals surface area contributed by atoms with E-state index in [4.69, 9.17) is 4.74 Å². The minimum absolute atomic E-state index is 0. The fourth-order valence-electron chi connectivity index (χ4n) is 6.85. The zero-order chi connectivity index (χ0) is 33.7. The van der Waals surface area contributed by atoms with E-state index in [0.29, 0.717) is 53.6 Å². The van der Waals surface area contributed by atoms with Crippen LogP contribution in [0.3, 0.4) is 0 Å². The Morgan fingerprint density at radius 3 is 2.31 bits per heavy atom. The van der Waals surface area contributed by atoms with Crippen LogP contribution in [0.4, 0.5) is 5.69 Å². The van der Waals surface area contributed by atoms with Gasteiger partial charge in [0.05, 0.1) is 21.4 Å². The maximum absolute atomic E-state index is 14.2. The van der Waals surface area contributed by atoms with Crippen molar-refractivity contribution in [1.29, 1.82) is 0 Å². The van der Waals surface area contributed by atoms with Gasteiger partial charge in [-0.25, -0.2) is 4.98 Å². The molecule has 2 saturated carbocycles. The summed E-state index contributed by atoms with van der Waals surface area (Å²) in [5, 5.41) is 15.5. The first kappa shape index (κ1) is 38.4. The van der Waals surface area contributed by atoms with Crippen molar-refractivity contribution in [3.63, 3.8) is 0 Å². The topological polar surface area (TPSA) is 115 Å². The molecular formula is C37H49N4NaO5S. The number of piperidine rings is 1. The molecule has 0 unspecified atom stereocenters. The molecule has 1 aliphatic heterocycles. The van der Waals surface area contributed by atoms with Crippen LogP contribution >= 0.6 is 11.3 Å². The second-order valence-electron chi connectivity index (χ2n) is 14.8. The van der Waals surface area contributed by atoms with Crippen molar-refractivity contribution in [2.24, 2.45) is 17.3 Å². The first-order valence-electron chi connectivity index (χ1n) is 17.2. The molecule has 1 N–H and O–H groups in total. The standard InChI is InChI=1S/C37H50N4O5S.Na/c1-24-6-8-25(9-7-24)35(43)41(31-23-30(14-18-37(2,3)4)47-33(31)36(44)45)28-10-12-29(13-11-28)46-32-22-26(15-19-38-32)34(42)39-27-16-20-40(5)21-17-27;/h15,19,22-25,27-29H,6-13,16-17,20-21H2,1-5H3,(H,39,42)(H,44,45);/q;+1/p-1. The van der Waals surface area contributed by atoms with E-state index in [1.807, 2.05) is 20.8 Å². The molecule has 5 rings (SSSR count). The molecule has 0 bridgehead atoms. The first-order chi connectivity index (χ1) is 22.4. The summed E-state index contributed by atoms with van der Waals surface area (Å²) >= 11 is 1.08. The van der Waals surface area contributed by atoms with Crippen LogP contribution in [0.2, 0.25) is 0 Å². The number of carbonyl (C=O) groups excluding carboxylic acids is 3. The third-order valence-electron chi connectivity index (χ3n) is 9.67. The molecule has 2 aliphatic carbocycles. The van der Waals surface area contributed by atoms with E-state index >= 15 is 0 Å². The summed E-state index contributed by atoms with van der Waals surface area (Å²) in [5.41, 5.74) is 0.688. The summed E-state index contributed by atoms with van der Waals surface area (Å²) in [6.07, 6.45) is 9.59. The molecule has 2 aromatic rings. The van der Waals surface area contributed by atoms with E-state index in [-0.39, 0.29) is 75.8 Å². The number of hydrogen-bond donors (Lipinski definition) is 1. The van der Waals surface area contributed by atoms with Gasteiger partial charge in [0, 0.05) is 41.2 Å². The molecule has 1 saturated heterocycles. The van der Waals surface area contributed by atoms with E-state index in [2.05, 4.69) is 41.0 Å². The number of aromatic nitrogens is 1. The number of ether oxygens (including phenoxy) is 1.